The fraction of sp³-hybridized carbons (Fsp3) is 0.867. The molecule has 1 aliphatic rings. The van der Waals surface area contributed by atoms with Gasteiger partial charge in [-0.15, -0.1) is 0 Å². The van der Waals surface area contributed by atoms with Crippen LogP contribution < -0.4 is 0 Å². The van der Waals surface area contributed by atoms with Crippen LogP contribution in [-0.4, -0.2) is 52.4 Å². The minimum absolute atomic E-state index is 0.00878. The molecular formula is C15H30O5Si. The van der Waals surface area contributed by atoms with Crippen LogP contribution in [0.2, 0.25) is 18.1 Å². The molecule has 0 unspecified atom stereocenters. The van der Waals surface area contributed by atoms with Gasteiger partial charge in [-0.1, -0.05) is 20.8 Å². The molecule has 0 bridgehead atoms. The zero-order chi connectivity index (χ0) is 16.7. The van der Waals surface area contributed by atoms with Crippen LogP contribution in [0.15, 0.2) is 11.6 Å². The summed E-state index contributed by atoms with van der Waals surface area (Å²) in [7, 11) is 2.46. The van der Waals surface area contributed by atoms with E-state index in [-0.39, 0.29) is 5.04 Å². The molecule has 0 spiro atoms. The fourth-order valence-electron chi connectivity index (χ4n) is 2.33. The van der Waals surface area contributed by atoms with Crippen molar-refractivity contribution in [2.75, 3.05) is 21.3 Å². The molecule has 0 heterocycles. The van der Waals surface area contributed by atoms with Crippen molar-refractivity contribution in [1.82, 2.24) is 0 Å². The molecule has 0 radical (unpaired) electrons. The lowest BCUT2D eigenvalue weighted by molar-refractivity contribution is -0.356. The summed E-state index contributed by atoms with van der Waals surface area (Å²) in [4.78, 5) is 0. The Morgan fingerprint density at radius 1 is 1.10 bits per heavy atom. The van der Waals surface area contributed by atoms with E-state index in [2.05, 4.69) is 33.9 Å². The van der Waals surface area contributed by atoms with Crippen LogP contribution in [0.25, 0.3) is 0 Å². The van der Waals surface area contributed by atoms with Crippen molar-refractivity contribution in [3.8, 4) is 0 Å². The molecule has 5 nitrogen and oxygen atoms in total. The Balaban J connectivity index is 3.33. The van der Waals surface area contributed by atoms with E-state index in [4.69, 9.17) is 18.6 Å². The van der Waals surface area contributed by atoms with Crippen LogP contribution in [0, 0.1) is 0 Å². The predicted molar refractivity (Wildman–Crippen MR) is 84.5 cm³/mol. The van der Waals surface area contributed by atoms with E-state index in [1.165, 1.54) is 0 Å². The quantitative estimate of drug-likeness (QED) is 0.463. The van der Waals surface area contributed by atoms with Crippen LogP contribution in [-0.2, 0) is 18.6 Å². The maximum atomic E-state index is 10.0. The van der Waals surface area contributed by atoms with E-state index in [9.17, 15) is 5.11 Å². The molecule has 0 amide bonds. The van der Waals surface area contributed by atoms with Gasteiger partial charge in [-0.3, -0.25) is 0 Å². The first kappa shape index (κ1) is 18.8. The molecule has 0 aromatic rings. The lowest BCUT2D eigenvalue weighted by atomic mass is 9.80. The highest BCUT2D eigenvalue weighted by Gasteiger charge is 2.67. The molecular weight excluding hydrogens is 288 g/mol. The first-order chi connectivity index (χ1) is 9.43. The SMILES string of the molecule is COC1(OC)C=C([C@H](C)O)[C@@]1(OC)O[Si](C)(C)C(C)(C)C. The molecule has 0 saturated heterocycles. The smallest absolute Gasteiger partial charge is 0.247 e. The summed E-state index contributed by atoms with van der Waals surface area (Å²) in [5, 5.41) is 10.0. The Kier molecular flexibility index (Phi) is 5.15. The van der Waals surface area contributed by atoms with E-state index in [1.54, 1.807) is 34.3 Å². The van der Waals surface area contributed by atoms with Gasteiger partial charge >= 0.3 is 0 Å². The Morgan fingerprint density at radius 2 is 1.57 bits per heavy atom. The van der Waals surface area contributed by atoms with Crippen LogP contribution in [0.1, 0.15) is 27.7 Å². The monoisotopic (exact) mass is 318 g/mol. The lowest BCUT2D eigenvalue weighted by Crippen LogP contribution is -2.71. The summed E-state index contributed by atoms with van der Waals surface area (Å²) in [5.74, 6) is -2.35. The zero-order valence-electron chi connectivity index (χ0n) is 14.7. The molecule has 2 atom stereocenters. The third-order valence-corrected chi connectivity index (χ3v) is 9.14. The average molecular weight is 318 g/mol. The van der Waals surface area contributed by atoms with Crippen molar-refractivity contribution in [2.24, 2.45) is 0 Å². The number of aliphatic hydroxyl groups is 1. The second-order valence-electron chi connectivity index (χ2n) is 7.03. The molecule has 0 fully saturated rings. The van der Waals surface area contributed by atoms with E-state index in [1.807, 2.05) is 0 Å². The van der Waals surface area contributed by atoms with Crippen molar-refractivity contribution >= 4 is 8.32 Å². The predicted octanol–water partition coefficient (Wildman–Crippen LogP) is 2.66. The Labute approximate surface area is 129 Å². The van der Waals surface area contributed by atoms with Crippen molar-refractivity contribution < 1.29 is 23.7 Å². The summed E-state index contributed by atoms with van der Waals surface area (Å²) in [5.41, 5.74) is 0.638. The third kappa shape index (κ3) is 2.73. The summed E-state index contributed by atoms with van der Waals surface area (Å²) >= 11 is 0. The van der Waals surface area contributed by atoms with Gasteiger partial charge in [-0.25, -0.2) is 0 Å². The van der Waals surface area contributed by atoms with Gasteiger partial charge in [0.25, 0.3) is 0 Å². The van der Waals surface area contributed by atoms with E-state index >= 15 is 0 Å². The lowest BCUT2D eigenvalue weighted by Gasteiger charge is -2.57. The summed E-state index contributed by atoms with van der Waals surface area (Å²) in [6.07, 6.45) is 1.03. The number of rotatable bonds is 6. The van der Waals surface area contributed by atoms with Gasteiger partial charge in [0.1, 0.15) is 0 Å². The molecule has 1 N–H and O–H groups in total. The van der Waals surface area contributed by atoms with Crippen LogP contribution in [0.5, 0.6) is 0 Å². The molecule has 6 heteroatoms. The standard InChI is InChI=1S/C15H30O5Si/c1-11(16)12-10-14(17-5,18-6)15(12,19-7)20-21(8,9)13(2,3)4/h10-11,16H,1-9H3/t11-,15+/m0/s1. The number of ether oxygens (including phenoxy) is 3. The van der Waals surface area contributed by atoms with E-state index in [0.717, 1.165) is 0 Å². The minimum Gasteiger partial charge on any atom is -0.389 e. The van der Waals surface area contributed by atoms with Gasteiger partial charge in [0, 0.05) is 26.9 Å². The number of hydrogen-bond donors (Lipinski definition) is 1. The molecule has 0 aliphatic heterocycles. The van der Waals surface area contributed by atoms with Crippen molar-refractivity contribution in [2.45, 2.75) is 63.5 Å². The Bertz CT molecular complexity index is 407. The number of aliphatic hydroxyl groups excluding tert-OH is 1. The molecule has 0 aromatic heterocycles. The normalized spacial score (nSPS) is 27.0. The van der Waals surface area contributed by atoms with Crippen molar-refractivity contribution in [3.05, 3.63) is 11.6 Å². The van der Waals surface area contributed by atoms with Crippen LogP contribution in [0.4, 0.5) is 0 Å². The van der Waals surface area contributed by atoms with Gasteiger partial charge in [-0.2, -0.15) is 0 Å². The Hall–Kier alpha value is -0.243. The van der Waals surface area contributed by atoms with Gasteiger partial charge < -0.3 is 23.7 Å². The maximum absolute atomic E-state index is 10.0. The summed E-state index contributed by atoms with van der Waals surface area (Å²) in [6.45, 7) is 12.4. The molecule has 0 aromatic carbocycles. The fourth-order valence-corrected chi connectivity index (χ4v) is 3.70. The highest BCUT2D eigenvalue weighted by atomic mass is 28.4. The van der Waals surface area contributed by atoms with E-state index in [0.29, 0.717) is 5.57 Å². The molecule has 1 rings (SSSR count). The molecule has 21 heavy (non-hydrogen) atoms. The number of hydrogen-bond acceptors (Lipinski definition) is 5. The average Bonchev–Trinajstić information content (AvgIpc) is 2.34. The highest BCUT2D eigenvalue weighted by Crippen LogP contribution is 2.53. The molecule has 0 saturated carbocycles. The van der Waals surface area contributed by atoms with Gasteiger partial charge in [0.2, 0.25) is 11.6 Å². The van der Waals surface area contributed by atoms with Crippen LogP contribution in [0.3, 0.4) is 0 Å². The third-order valence-electron chi connectivity index (χ3n) is 4.73. The van der Waals surface area contributed by atoms with Gasteiger partial charge in [0.15, 0.2) is 8.32 Å². The first-order valence-corrected chi connectivity index (χ1v) is 10.1. The summed E-state index contributed by atoms with van der Waals surface area (Å²) in [6, 6.07) is 0. The zero-order valence-corrected chi connectivity index (χ0v) is 15.7. The van der Waals surface area contributed by atoms with Crippen molar-refractivity contribution in [1.29, 1.82) is 0 Å². The minimum atomic E-state index is -2.18. The highest BCUT2D eigenvalue weighted by molar-refractivity contribution is 6.74. The second-order valence-corrected chi connectivity index (χ2v) is 11.8. The Morgan fingerprint density at radius 3 is 1.86 bits per heavy atom. The molecule has 124 valence electrons. The molecule has 1 aliphatic carbocycles. The van der Waals surface area contributed by atoms with Gasteiger partial charge in [-0.05, 0) is 31.1 Å². The number of methoxy groups -OCH3 is 3. The second kappa shape index (κ2) is 5.75. The van der Waals surface area contributed by atoms with E-state index < -0.39 is 26.0 Å². The van der Waals surface area contributed by atoms with Crippen LogP contribution >= 0.6 is 0 Å². The topological polar surface area (TPSA) is 57.2 Å². The summed E-state index contributed by atoms with van der Waals surface area (Å²) < 4.78 is 23.3. The largest absolute Gasteiger partial charge is 0.389 e. The first-order valence-electron chi connectivity index (χ1n) is 7.20. The maximum Gasteiger partial charge on any atom is 0.247 e. The van der Waals surface area contributed by atoms with Gasteiger partial charge in [0.05, 0.1) is 6.10 Å². The van der Waals surface area contributed by atoms with Crippen molar-refractivity contribution in [3.63, 3.8) is 0 Å².